The molecule has 0 amide bonds. The summed E-state index contributed by atoms with van der Waals surface area (Å²) in [5, 5.41) is 0. The average Bonchev–Trinajstić information content (AvgIpc) is 2.31. The van der Waals surface area contributed by atoms with E-state index < -0.39 is 9.53 Å². The van der Waals surface area contributed by atoms with Gasteiger partial charge in [0.05, 0.1) is 6.61 Å². The predicted octanol–water partition coefficient (Wildman–Crippen LogP) is 2.86. The van der Waals surface area contributed by atoms with Crippen LogP contribution >= 0.6 is 12.6 Å². The van der Waals surface area contributed by atoms with Crippen molar-refractivity contribution >= 4 is 22.2 Å². The Kier molecular flexibility index (Phi) is 6.84. The molecule has 1 rings (SSSR count). The van der Waals surface area contributed by atoms with Crippen LogP contribution in [0.15, 0.2) is 23.1 Å². The van der Waals surface area contributed by atoms with Crippen LogP contribution in [0.5, 0.6) is 0 Å². The lowest BCUT2D eigenvalue weighted by molar-refractivity contribution is 0.0954. The molecule has 5 heteroatoms. The number of hydrogen-bond acceptors (Lipinski definition) is 4. The van der Waals surface area contributed by atoms with E-state index >= 15 is 0 Å². The SMILES string of the molecule is CCO[Si](OCC)OCc1cccc(C)c1S. The van der Waals surface area contributed by atoms with Crippen molar-refractivity contribution < 1.29 is 13.3 Å². The maximum Gasteiger partial charge on any atom is 0.578 e. The van der Waals surface area contributed by atoms with Gasteiger partial charge in [0.1, 0.15) is 0 Å². The fraction of sp³-hybridized carbons (Fsp3) is 0.500. The van der Waals surface area contributed by atoms with Crippen molar-refractivity contribution in [3.63, 3.8) is 0 Å². The molecule has 1 aromatic rings. The van der Waals surface area contributed by atoms with Gasteiger partial charge in [-0.3, -0.25) is 0 Å². The molecule has 1 radical (unpaired) electrons. The van der Waals surface area contributed by atoms with E-state index in [4.69, 9.17) is 13.3 Å². The second kappa shape index (κ2) is 7.89. The molecule has 0 aromatic heterocycles. The molecule has 0 aliphatic heterocycles. The van der Waals surface area contributed by atoms with Crippen molar-refractivity contribution in [3.8, 4) is 0 Å². The van der Waals surface area contributed by atoms with Gasteiger partial charge in [0.25, 0.3) is 0 Å². The molecule has 0 aliphatic rings. The predicted molar refractivity (Wildman–Crippen MR) is 72.2 cm³/mol. The Morgan fingerprint density at radius 1 is 1.12 bits per heavy atom. The van der Waals surface area contributed by atoms with Gasteiger partial charge in [0.2, 0.25) is 0 Å². The van der Waals surface area contributed by atoms with E-state index in [1.807, 2.05) is 39.0 Å². The van der Waals surface area contributed by atoms with Gasteiger partial charge in [-0.05, 0) is 31.9 Å². The summed E-state index contributed by atoms with van der Waals surface area (Å²) in [6, 6.07) is 6.04. The van der Waals surface area contributed by atoms with Crippen LogP contribution in [0.2, 0.25) is 0 Å². The highest BCUT2D eigenvalue weighted by atomic mass is 32.1. The van der Waals surface area contributed by atoms with Crippen molar-refractivity contribution in [2.24, 2.45) is 0 Å². The lowest BCUT2D eigenvalue weighted by atomic mass is 10.1. The molecule has 0 saturated heterocycles. The Morgan fingerprint density at radius 2 is 1.76 bits per heavy atom. The highest BCUT2D eigenvalue weighted by molar-refractivity contribution is 7.80. The maximum absolute atomic E-state index is 5.65. The Labute approximate surface area is 110 Å². The second-order valence-electron chi connectivity index (χ2n) is 3.49. The molecule has 0 fully saturated rings. The summed E-state index contributed by atoms with van der Waals surface area (Å²) in [4.78, 5) is 0.974. The van der Waals surface area contributed by atoms with E-state index in [0.717, 1.165) is 16.0 Å². The van der Waals surface area contributed by atoms with Gasteiger partial charge in [-0.1, -0.05) is 18.2 Å². The molecule has 3 nitrogen and oxygen atoms in total. The summed E-state index contributed by atoms with van der Waals surface area (Å²) in [5.41, 5.74) is 2.21. The van der Waals surface area contributed by atoms with Crippen molar-refractivity contribution in [1.29, 1.82) is 0 Å². The standard InChI is InChI=1S/C12H19O3SSi/c1-4-13-17(14-5-2)15-9-11-8-6-7-10(3)12(11)16/h6-8,16H,4-5,9H2,1-3H3. The van der Waals surface area contributed by atoms with Crippen LogP contribution < -0.4 is 0 Å². The fourth-order valence-corrected chi connectivity index (χ4v) is 2.54. The van der Waals surface area contributed by atoms with E-state index in [2.05, 4.69) is 12.6 Å². The molecule has 17 heavy (non-hydrogen) atoms. The van der Waals surface area contributed by atoms with Crippen LogP contribution in [0, 0.1) is 6.92 Å². The van der Waals surface area contributed by atoms with Gasteiger partial charge >= 0.3 is 9.53 Å². The minimum atomic E-state index is -1.61. The average molecular weight is 271 g/mol. The van der Waals surface area contributed by atoms with Gasteiger partial charge in [-0.2, -0.15) is 0 Å². The first kappa shape index (κ1) is 14.7. The Morgan fingerprint density at radius 3 is 2.35 bits per heavy atom. The first-order chi connectivity index (χ1) is 8.19. The van der Waals surface area contributed by atoms with Crippen LogP contribution in [-0.2, 0) is 19.9 Å². The third-order valence-corrected chi connectivity index (χ3v) is 4.26. The van der Waals surface area contributed by atoms with E-state index in [9.17, 15) is 0 Å². The van der Waals surface area contributed by atoms with Crippen molar-refractivity contribution in [1.82, 2.24) is 0 Å². The molecule has 0 atom stereocenters. The van der Waals surface area contributed by atoms with E-state index in [1.54, 1.807) is 0 Å². The monoisotopic (exact) mass is 271 g/mol. The van der Waals surface area contributed by atoms with Crippen molar-refractivity contribution in [3.05, 3.63) is 29.3 Å². The lowest BCUT2D eigenvalue weighted by Gasteiger charge is -2.14. The number of benzene rings is 1. The summed E-state index contributed by atoms with van der Waals surface area (Å²) >= 11 is 4.47. The van der Waals surface area contributed by atoms with Gasteiger partial charge in [-0.15, -0.1) is 12.6 Å². The van der Waals surface area contributed by atoms with Crippen LogP contribution in [0.25, 0.3) is 0 Å². The lowest BCUT2D eigenvalue weighted by Crippen LogP contribution is -2.27. The fourth-order valence-electron chi connectivity index (χ4n) is 1.33. The zero-order chi connectivity index (χ0) is 12.7. The topological polar surface area (TPSA) is 27.7 Å². The highest BCUT2D eigenvalue weighted by Gasteiger charge is 2.18. The minimum absolute atomic E-state index is 0.481. The molecule has 1 aromatic carbocycles. The number of aryl methyl sites for hydroxylation is 1. The molecule has 0 N–H and O–H groups in total. The summed E-state index contributed by atoms with van der Waals surface area (Å²) in [6.07, 6.45) is 0. The van der Waals surface area contributed by atoms with Crippen molar-refractivity contribution in [2.75, 3.05) is 13.2 Å². The Balaban J connectivity index is 2.55. The summed E-state index contributed by atoms with van der Waals surface area (Å²) in [7, 11) is -1.61. The van der Waals surface area contributed by atoms with E-state index in [1.165, 1.54) is 0 Å². The smallest absolute Gasteiger partial charge is 0.371 e. The number of thiol groups is 1. The molecule has 0 aliphatic carbocycles. The van der Waals surface area contributed by atoms with Gasteiger partial charge in [0.15, 0.2) is 0 Å². The molecule has 0 bridgehead atoms. The molecule has 0 saturated carbocycles. The normalized spacial score (nSPS) is 11.1. The first-order valence-corrected chi connectivity index (χ1v) is 7.39. The van der Waals surface area contributed by atoms with Crippen LogP contribution in [-0.4, -0.2) is 22.7 Å². The van der Waals surface area contributed by atoms with Gasteiger partial charge in [0, 0.05) is 18.1 Å². The summed E-state index contributed by atoms with van der Waals surface area (Å²) in [5.74, 6) is 0. The van der Waals surface area contributed by atoms with Gasteiger partial charge in [-0.25, -0.2) is 0 Å². The highest BCUT2D eigenvalue weighted by Crippen LogP contribution is 2.19. The van der Waals surface area contributed by atoms with Crippen molar-refractivity contribution in [2.45, 2.75) is 32.3 Å². The van der Waals surface area contributed by atoms with Gasteiger partial charge < -0.3 is 13.3 Å². The number of rotatable bonds is 7. The number of hydrogen-bond donors (Lipinski definition) is 1. The maximum atomic E-state index is 5.65. The summed E-state index contributed by atoms with van der Waals surface area (Å²) in [6.45, 7) is 7.59. The molecular weight excluding hydrogens is 252 g/mol. The molecule has 0 heterocycles. The van der Waals surface area contributed by atoms with Crippen LogP contribution in [0.1, 0.15) is 25.0 Å². The molecule has 0 spiro atoms. The quantitative estimate of drug-likeness (QED) is 0.610. The zero-order valence-electron chi connectivity index (χ0n) is 10.5. The van der Waals surface area contributed by atoms with Crippen LogP contribution in [0.3, 0.4) is 0 Å². The van der Waals surface area contributed by atoms with Crippen LogP contribution in [0.4, 0.5) is 0 Å². The summed E-state index contributed by atoms with van der Waals surface area (Å²) < 4.78 is 16.5. The van der Waals surface area contributed by atoms with E-state index in [0.29, 0.717) is 19.8 Å². The minimum Gasteiger partial charge on any atom is -0.371 e. The Bertz CT molecular complexity index is 341. The third kappa shape index (κ3) is 4.81. The third-order valence-electron chi connectivity index (χ3n) is 2.19. The Hall–Kier alpha value is -0.333. The largest absolute Gasteiger partial charge is 0.578 e. The zero-order valence-corrected chi connectivity index (χ0v) is 12.4. The molecule has 95 valence electrons. The van der Waals surface area contributed by atoms with E-state index in [-0.39, 0.29) is 0 Å². The first-order valence-electron chi connectivity index (χ1n) is 5.71. The molecular formula is C12H19O3SSi. The second-order valence-corrected chi connectivity index (χ2v) is 5.30. The molecule has 0 unspecified atom stereocenters.